The smallest absolute Gasteiger partial charge is 0.255 e. The van der Waals surface area contributed by atoms with Crippen LogP contribution >= 0.6 is 0 Å². The average Bonchev–Trinajstić information content (AvgIpc) is 3.33. The number of piperidine rings is 1. The fraction of sp³-hybridized carbons (Fsp3) is 0.269. The van der Waals surface area contributed by atoms with Crippen molar-refractivity contribution >= 4 is 22.8 Å². The summed E-state index contributed by atoms with van der Waals surface area (Å²) in [6.07, 6.45) is 5.42. The lowest BCUT2D eigenvalue weighted by Crippen LogP contribution is -2.33. The summed E-state index contributed by atoms with van der Waals surface area (Å²) in [5.74, 6) is -0.320. The van der Waals surface area contributed by atoms with Gasteiger partial charge in [-0.3, -0.25) is 4.79 Å². The molecule has 1 amide bonds. The van der Waals surface area contributed by atoms with E-state index in [1.165, 1.54) is 25.6 Å². The molecule has 0 aliphatic carbocycles. The van der Waals surface area contributed by atoms with E-state index >= 15 is 0 Å². The molecule has 1 fully saturated rings. The molecular formula is C26H25FN8O2. The number of anilines is 1. The second-order valence-electron chi connectivity index (χ2n) is 8.82. The van der Waals surface area contributed by atoms with Crippen molar-refractivity contribution in [1.82, 2.24) is 30.0 Å². The van der Waals surface area contributed by atoms with E-state index in [1.807, 2.05) is 28.9 Å². The van der Waals surface area contributed by atoms with Crippen LogP contribution in [0.2, 0.25) is 0 Å². The number of nitrogens with two attached hydrogens (primary N) is 1. The van der Waals surface area contributed by atoms with Gasteiger partial charge in [-0.25, -0.2) is 19.0 Å². The number of nitrogens with zero attached hydrogens (tertiary/aromatic N) is 6. The van der Waals surface area contributed by atoms with Gasteiger partial charge in [-0.05, 0) is 36.6 Å². The van der Waals surface area contributed by atoms with Crippen LogP contribution in [0.25, 0.3) is 22.3 Å². The molecule has 1 aliphatic heterocycles. The van der Waals surface area contributed by atoms with E-state index < -0.39 is 11.7 Å². The molecule has 188 valence electrons. The molecule has 1 saturated heterocycles. The largest absolute Gasteiger partial charge is 0.496 e. The summed E-state index contributed by atoms with van der Waals surface area (Å²) in [7, 11) is 1.43. The summed E-state index contributed by atoms with van der Waals surface area (Å²) in [5, 5.41) is 17.7. The monoisotopic (exact) mass is 500 g/mol. The van der Waals surface area contributed by atoms with Crippen molar-refractivity contribution in [3.05, 3.63) is 65.7 Å². The van der Waals surface area contributed by atoms with Crippen molar-refractivity contribution in [2.24, 2.45) is 0 Å². The van der Waals surface area contributed by atoms with E-state index in [4.69, 9.17) is 15.6 Å². The zero-order valence-electron chi connectivity index (χ0n) is 20.2. The number of hydrogen-bond donors (Lipinski definition) is 2. The lowest BCUT2D eigenvalue weighted by Gasteiger charge is -2.28. The van der Waals surface area contributed by atoms with Gasteiger partial charge >= 0.3 is 0 Å². The summed E-state index contributed by atoms with van der Waals surface area (Å²) in [6, 6.07) is 11.3. The van der Waals surface area contributed by atoms with Crippen LogP contribution in [0.4, 0.5) is 10.2 Å². The van der Waals surface area contributed by atoms with Gasteiger partial charge in [0.15, 0.2) is 11.8 Å². The van der Waals surface area contributed by atoms with Crippen LogP contribution in [0.1, 0.15) is 34.8 Å². The molecule has 5 rings (SSSR count). The van der Waals surface area contributed by atoms with Gasteiger partial charge in [0.1, 0.15) is 29.4 Å². The number of likely N-dealkylation sites (tertiary alicyclic amines) is 1. The Labute approximate surface area is 212 Å². The maximum Gasteiger partial charge on any atom is 0.255 e. The third-order valence-corrected chi connectivity index (χ3v) is 6.49. The molecule has 3 N–H and O–H groups in total. The summed E-state index contributed by atoms with van der Waals surface area (Å²) >= 11 is 0. The van der Waals surface area contributed by atoms with Crippen LogP contribution in [-0.2, 0) is 6.54 Å². The Balaban J connectivity index is 1.39. The highest BCUT2D eigenvalue weighted by molar-refractivity contribution is 5.98. The number of rotatable bonds is 6. The summed E-state index contributed by atoms with van der Waals surface area (Å²) in [5.41, 5.74) is 9.32. The minimum atomic E-state index is -0.515. The number of halogens is 1. The zero-order valence-corrected chi connectivity index (χ0v) is 20.2. The third kappa shape index (κ3) is 4.73. The SMILES string of the molecule is COc1ccc(F)cc1C(=O)NCc1ccc(-c2nn([C@@H]3CCCN(C#N)C3)c3ncnc(N)c23)cc1. The Kier molecular flexibility index (Phi) is 6.55. The van der Waals surface area contributed by atoms with E-state index in [0.717, 1.165) is 36.6 Å². The van der Waals surface area contributed by atoms with Crippen LogP contribution in [0.3, 0.4) is 0 Å². The number of methoxy groups -OCH3 is 1. The number of carbonyl (C=O) groups excluding carboxylic acids is 1. The molecule has 1 aliphatic rings. The minimum absolute atomic E-state index is 0.00625. The molecule has 3 heterocycles. The lowest BCUT2D eigenvalue weighted by molar-refractivity contribution is 0.0947. The number of fused-ring (bicyclic) bond motifs is 1. The maximum atomic E-state index is 13.6. The summed E-state index contributed by atoms with van der Waals surface area (Å²) < 4.78 is 20.7. The maximum absolute atomic E-state index is 13.6. The predicted octanol–water partition coefficient (Wildman–Crippen LogP) is 3.27. The van der Waals surface area contributed by atoms with E-state index in [9.17, 15) is 14.4 Å². The number of carbonyl (C=O) groups is 1. The molecule has 0 radical (unpaired) electrons. The minimum Gasteiger partial charge on any atom is -0.496 e. The fourth-order valence-corrected chi connectivity index (χ4v) is 4.61. The first kappa shape index (κ1) is 24.0. The summed E-state index contributed by atoms with van der Waals surface area (Å²) in [6.45, 7) is 1.54. The molecule has 2 aromatic heterocycles. The molecule has 0 spiro atoms. The van der Waals surface area contributed by atoms with Crippen LogP contribution < -0.4 is 15.8 Å². The zero-order chi connectivity index (χ0) is 25.9. The molecule has 0 bridgehead atoms. The average molecular weight is 501 g/mol. The van der Waals surface area contributed by atoms with Gasteiger partial charge in [0.05, 0.1) is 30.6 Å². The molecule has 10 nitrogen and oxygen atoms in total. The molecule has 4 aromatic rings. The van der Waals surface area contributed by atoms with Crippen LogP contribution in [-0.4, -0.2) is 50.8 Å². The van der Waals surface area contributed by atoms with Gasteiger partial charge in [0, 0.05) is 18.7 Å². The van der Waals surface area contributed by atoms with Gasteiger partial charge in [0.25, 0.3) is 5.91 Å². The highest BCUT2D eigenvalue weighted by atomic mass is 19.1. The molecule has 0 saturated carbocycles. The van der Waals surface area contributed by atoms with Crippen molar-refractivity contribution < 1.29 is 13.9 Å². The van der Waals surface area contributed by atoms with Gasteiger partial charge < -0.3 is 20.7 Å². The first-order valence-corrected chi connectivity index (χ1v) is 11.8. The second-order valence-corrected chi connectivity index (χ2v) is 8.82. The molecule has 2 aromatic carbocycles. The van der Waals surface area contributed by atoms with Gasteiger partial charge in [0.2, 0.25) is 0 Å². The van der Waals surface area contributed by atoms with E-state index in [-0.39, 0.29) is 18.2 Å². The topological polar surface area (TPSA) is 135 Å². The Morgan fingerprint density at radius 2 is 2.08 bits per heavy atom. The lowest BCUT2D eigenvalue weighted by atomic mass is 10.1. The standard InChI is InChI=1S/C26H25FN8O2/c1-37-21-9-8-18(27)11-20(21)26(36)30-12-16-4-6-17(7-5-16)23-22-24(29)31-15-32-25(22)35(33-23)19-3-2-10-34(13-19)14-28/h4-9,11,15,19H,2-3,10,12-13H2,1H3,(H,30,36)(H2,29,31,32)/t19-/m1/s1. The van der Waals surface area contributed by atoms with Gasteiger partial charge in [-0.15, -0.1) is 0 Å². The molecule has 11 heteroatoms. The van der Waals surface area contributed by atoms with Crippen molar-refractivity contribution in [2.45, 2.75) is 25.4 Å². The first-order valence-electron chi connectivity index (χ1n) is 11.8. The number of nitriles is 1. The molecule has 37 heavy (non-hydrogen) atoms. The van der Waals surface area contributed by atoms with E-state index in [1.54, 1.807) is 4.90 Å². The number of aromatic nitrogens is 4. The molecule has 0 unspecified atom stereocenters. The number of ether oxygens (including phenoxy) is 1. The Bertz CT molecular complexity index is 1500. The van der Waals surface area contributed by atoms with Crippen LogP contribution in [0, 0.1) is 17.3 Å². The van der Waals surface area contributed by atoms with Crippen molar-refractivity contribution in [1.29, 1.82) is 5.26 Å². The van der Waals surface area contributed by atoms with Crippen LogP contribution in [0.15, 0.2) is 48.8 Å². The highest BCUT2D eigenvalue weighted by Crippen LogP contribution is 2.33. The second kappa shape index (κ2) is 10.1. The number of benzene rings is 2. The van der Waals surface area contributed by atoms with E-state index in [2.05, 4.69) is 21.5 Å². The summed E-state index contributed by atoms with van der Waals surface area (Å²) in [4.78, 5) is 22.9. The van der Waals surface area contributed by atoms with Crippen LogP contribution in [0.5, 0.6) is 5.75 Å². The van der Waals surface area contributed by atoms with Gasteiger partial charge in [-0.1, -0.05) is 24.3 Å². The highest BCUT2D eigenvalue weighted by Gasteiger charge is 2.26. The number of hydrogen-bond acceptors (Lipinski definition) is 8. The van der Waals surface area contributed by atoms with E-state index in [0.29, 0.717) is 34.8 Å². The molecular weight excluding hydrogens is 475 g/mol. The fourth-order valence-electron chi connectivity index (χ4n) is 4.61. The van der Waals surface area contributed by atoms with Crippen molar-refractivity contribution in [3.8, 4) is 23.2 Å². The number of amides is 1. The number of nitrogens with one attached hydrogen (secondary N) is 1. The van der Waals surface area contributed by atoms with Crippen molar-refractivity contribution in [2.75, 3.05) is 25.9 Å². The Morgan fingerprint density at radius 3 is 2.84 bits per heavy atom. The Morgan fingerprint density at radius 1 is 1.27 bits per heavy atom. The Hall–Kier alpha value is -4.72. The predicted molar refractivity (Wildman–Crippen MR) is 135 cm³/mol. The third-order valence-electron chi connectivity index (χ3n) is 6.49. The number of nitrogen functional groups attached to an aromatic ring is 1. The quantitative estimate of drug-likeness (QED) is 0.385. The van der Waals surface area contributed by atoms with Gasteiger partial charge in [-0.2, -0.15) is 10.4 Å². The first-order chi connectivity index (χ1) is 18.0. The van der Waals surface area contributed by atoms with Crippen molar-refractivity contribution in [3.63, 3.8) is 0 Å². The molecule has 1 atom stereocenters. The normalized spacial score (nSPS) is 15.4.